The van der Waals surface area contributed by atoms with Gasteiger partial charge in [0.1, 0.15) is 11.6 Å². The van der Waals surface area contributed by atoms with Crippen LogP contribution in [-0.2, 0) is 0 Å². The lowest BCUT2D eigenvalue weighted by molar-refractivity contribution is 0.0746. The monoisotopic (exact) mass is 424 g/mol. The molecule has 4 rings (SSSR count). The Morgan fingerprint density at radius 1 is 1.00 bits per heavy atom. The van der Waals surface area contributed by atoms with E-state index in [0.29, 0.717) is 48.2 Å². The standard InChI is InChI=1S/C23H22ClFN4O/c1-15-16(2)26-21(17-5-4-8-20(25)14-17)27-22(15)28-9-11-29(12-10-28)23(30)18-6-3-7-19(24)13-18/h3-8,13-14H,9-12H2,1-2H3. The van der Waals surface area contributed by atoms with Crippen molar-refractivity contribution >= 4 is 23.3 Å². The van der Waals surface area contributed by atoms with Gasteiger partial charge in [-0.1, -0.05) is 29.8 Å². The third kappa shape index (κ3) is 4.14. The van der Waals surface area contributed by atoms with Crippen LogP contribution in [0.5, 0.6) is 0 Å². The number of piperazine rings is 1. The molecule has 0 radical (unpaired) electrons. The molecule has 1 aromatic heterocycles. The Morgan fingerprint density at radius 3 is 2.43 bits per heavy atom. The van der Waals surface area contributed by atoms with Gasteiger partial charge in [-0.05, 0) is 44.2 Å². The molecule has 0 atom stereocenters. The maximum Gasteiger partial charge on any atom is 0.254 e. The first-order valence-electron chi connectivity index (χ1n) is 9.83. The number of anilines is 1. The van der Waals surface area contributed by atoms with Crippen LogP contribution in [0.1, 0.15) is 21.6 Å². The molecule has 30 heavy (non-hydrogen) atoms. The molecule has 1 amide bonds. The molecule has 0 spiro atoms. The minimum atomic E-state index is -0.316. The molecule has 1 aliphatic rings. The molecule has 0 unspecified atom stereocenters. The molecule has 2 aromatic carbocycles. The van der Waals surface area contributed by atoms with Crippen LogP contribution in [0.25, 0.3) is 11.4 Å². The van der Waals surface area contributed by atoms with E-state index in [1.807, 2.05) is 18.7 Å². The lowest BCUT2D eigenvalue weighted by atomic mass is 10.1. The first-order valence-corrected chi connectivity index (χ1v) is 10.2. The van der Waals surface area contributed by atoms with Crippen LogP contribution in [-0.4, -0.2) is 47.0 Å². The van der Waals surface area contributed by atoms with E-state index in [9.17, 15) is 9.18 Å². The summed E-state index contributed by atoms with van der Waals surface area (Å²) in [6.07, 6.45) is 0. The fourth-order valence-corrected chi connectivity index (χ4v) is 3.79. The summed E-state index contributed by atoms with van der Waals surface area (Å²) in [6, 6.07) is 13.3. The number of carbonyl (C=O) groups excluding carboxylic acids is 1. The normalized spacial score (nSPS) is 14.1. The fraction of sp³-hybridized carbons (Fsp3) is 0.261. The zero-order valence-corrected chi connectivity index (χ0v) is 17.7. The average molecular weight is 425 g/mol. The highest BCUT2D eigenvalue weighted by Gasteiger charge is 2.25. The summed E-state index contributed by atoms with van der Waals surface area (Å²) in [5, 5.41) is 0.552. The Balaban J connectivity index is 1.54. The smallest absolute Gasteiger partial charge is 0.254 e. The minimum Gasteiger partial charge on any atom is -0.353 e. The van der Waals surface area contributed by atoms with Crippen molar-refractivity contribution < 1.29 is 9.18 Å². The summed E-state index contributed by atoms with van der Waals surface area (Å²) >= 11 is 6.02. The van der Waals surface area contributed by atoms with Gasteiger partial charge in [-0.2, -0.15) is 0 Å². The van der Waals surface area contributed by atoms with Crippen molar-refractivity contribution in [1.29, 1.82) is 0 Å². The van der Waals surface area contributed by atoms with Gasteiger partial charge in [0, 0.05) is 53.6 Å². The number of rotatable bonds is 3. The van der Waals surface area contributed by atoms with Gasteiger partial charge in [0.15, 0.2) is 5.82 Å². The zero-order chi connectivity index (χ0) is 21.3. The Labute approximate surface area is 180 Å². The van der Waals surface area contributed by atoms with Gasteiger partial charge in [-0.25, -0.2) is 14.4 Å². The number of nitrogens with zero attached hydrogens (tertiary/aromatic N) is 4. The van der Waals surface area contributed by atoms with Crippen molar-refractivity contribution in [2.75, 3.05) is 31.1 Å². The molecule has 1 fully saturated rings. The maximum atomic E-state index is 13.7. The molecule has 2 heterocycles. The topological polar surface area (TPSA) is 49.3 Å². The SMILES string of the molecule is Cc1nc(-c2cccc(F)c2)nc(N2CCN(C(=O)c3cccc(Cl)c3)CC2)c1C. The second kappa shape index (κ2) is 8.40. The van der Waals surface area contributed by atoms with E-state index >= 15 is 0 Å². The summed E-state index contributed by atoms with van der Waals surface area (Å²) < 4.78 is 13.7. The van der Waals surface area contributed by atoms with Crippen molar-refractivity contribution in [3.63, 3.8) is 0 Å². The molecule has 1 saturated heterocycles. The molecule has 7 heteroatoms. The number of amides is 1. The number of halogens is 2. The average Bonchev–Trinajstić information content (AvgIpc) is 2.75. The highest BCUT2D eigenvalue weighted by molar-refractivity contribution is 6.30. The van der Waals surface area contributed by atoms with Crippen LogP contribution in [0, 0.1) is 19.7 Å². The van der Waals surface area contributed by atoms with Crippen LogP contribution in [0.4, 0.5) is 10.2 Å². The lowest BCUT2D eigenvalue weighted by Crippen LogP contribution is -2.49. The van der Waals surface area contributed by atoms with E-state index in [0.717, 1.165) is 17.1 Å². The van der Waals surface area contributed by atoms with Crippen molar-refractivity contribution in [1.82, 2.24) is 14.9 Å². The number of benzene rings is 2. The zero-order valence-electron chi connectivity index (χ0n) is 16.9. The van der Waals surface area contributed by atoms with Crippen molar-refractivity contribution in [3.8, 4) is 11.4 Å². The Hall–Kier alpha value is -2.99. The van der Waals surface area contributed by atoms with Gasteiger partial charge in [-0.15, -0.1) is 0 Å². The van der Waals surface area contributed by atoms with E-state index in [4.69, 9.17) is 16.6 Å². The van der Waals surface area contributed by atoms with Crippen LogP contribution >= 0.6 is 11.6 Å². The Kier molecular flexibility index (Phi) is 5.68. The second-order valence-electron chi connectivity index (χ2n) is 7.38. The molecule has 0 N–H and O–H groups in total. The lowest BCUT2D eigenvalue weighted by Gasteiger charge is -2.36. The summed E-state index contributed by atoms with van der Waals surface area (Å²) in [4.78, 5) is 26.1. The van der Waals surface area contributed by atoms with Gasteiger partial charge in [0.2, 0.25) is 0 Å². The highest BCUT2D eigenvalue weighted by Crippen LogP contribution is 2.26. The number of carbonyl (C=O) groups is 1. The molecule has 0 bridgehead atoms. The van der Waals surface area contributed by atoms with E-state index < -0.39 is 0 Å². The predicted molar refractivity (Wildman–Crippen MR) is 116 cm³/mol. The first-order chi connectivity index (χ1) is 14.4. The van der Waals surface area contributed by atoms with Crippen LogP contribution in [0.2, 0.25) is 5.02 Å². The highest BCUT2D eigenvalue weighted by atomic mass is 35.5. The molecule has 3 aromatic rings. The summed E-state index contributed by atoms with van der Waals surface area (Å²) in [5.41, 5.74) is 3.09. The summed E-state index contributed by atoms with van der Waals surface area (Å²) in [7, 11) is 0. The maximum absolute atomic E-state index is 13.7. The van der Waals surface area contributed by atoms with Crippen molar-refractivity contribution in [2.24, 2.45) is 0 Å². The molecule has 0 saturated carbocycles. The second-order valence-corrected chi connectivity index (χ2v) is 7.82. The Morgan fingerprint density at radius 2 is 1.73 bits per heavy atom. The van der Waals surface area contributed by atoms with E-state index in [1.165, 1.54) is 12.1 Å². The Bertz CT molecular complexity index is 1100. The largest absolute Gasteiger partial charge is 0.353 e. The van der Waals surface area contributed by atoms with Gasteiger partial charge in [0.05, 0.1) is 0 Å². The van der Waals surface area contributed by atoms with Gasteiger partial charge in [-0.3, -0.25) is 4.79 Å². The third-order valence-electron chi connectivity index (χ3n) is 5.38. The molecular weight excluding hydrogens is 403 g/mol. The quantitative estimate of drug-likeness (QED) is 0.620. The molecular formula is C23H22ClFN4O. The van der Waals surface area contributed by atoms with Crippen LogP contribution in [0.3, 0.4) is 0 Å². The molecule has 154 valence electrons. The molecule has 0 aliphatic carbocycles. The van der Waals surface area contributed by atoms with E-state index in [1.54, 1.807) is 36.4 Å². The number of aryl methyl sites for hydroxylation is 1. The van der Waals surface area contributed by atoms with Crippen molar-refractivity contribution in [2.45, 2.75) is 13.8 Å². The minimum absolute atomic E-state index is 0.0202. The van der Waals surface area contributed by atoms with Crippen LogP contribution in [0.15, 0.2) is 48.5 Å². The number of hydrogen-bond acceptors (Lipinski definition) is 4. The van der Waals surface area contributed by atoms with Gasteiger partial charge < -0.3 is 9.80 Å². The van der Waals surface area contributed by atoms with Gasteiger partial charge >= 0.3 is 0 Å². The molecule has 1 aliphatic heterocycles. The summed E-state index contributed by atoms with van der Waals surface area (Å²) in [6.45, 7) is 6.41. The van der Waals surface area contributed by atoms with Crippen molar-refractivity contribution in [3.05, 3.63) is 76.2 Å². The van der Waals surface area contributed by atoms with Crippen LogP contribution < -0.4 is 4.90 Å². The number of hydrogen-bond donors (Lipinski definition) is 0. The fourth-order valence-electron chi connectivity index (χ4n) is 3.60. The molecule has 5 nitrogen and oxygen atoms in total. The van der Waals surface area contributed by atoms with E-state index in [-0.39, 0.29) is 11.7 Å². The summed E-state index contributed by atoms with van der Waals surface area (Å²) in [5.74, 6) is 0.999. The van der Waals surface area contributed by atoms with Gasteiger partial charge in [0.25, 0.3) is 5.91 Å². The first kappa shape index (κ1) is 20.3. The number of aromatic nitrogens is 2. The predicted octanol–water partition coefficient (Wildman–Crippen LogP) is 4.52. The van der Waals surface area contributed by atoms with E-state index in [2.05, 4.69) is 9.88 Å². The third-order valence-corrected chi connectivity index (χ3v) is 5.62.